The van der Waals surface area contributed by atoms with E-state index >= 15 is 0 Å². The van der Waals surface area contributed by atoms with Crippen molar-refractivity contribution in [3.63, 3.8) is 0 Å². The summed E-state index contributed by atoms with van der Waals surface area (Å²) in [6, 6.07) is 17.2. The Balaban J connectivity index is 2.20. The first kappa shape index (κ1) is 19.1. The quantitative estimate of drug-likeness (QED) is 0.261. The predicted molar refractivity (Wildman–Crippen MR) is 107 cm³/mol. The third kappa shape index (κ3) is 5.41. The Morgan fingerprint density at radius 3 is 2.48 bits per heavy atom. The number of aliphatic hydroxyl groups excluding tert-OH is 1. The van der Waals surface area contributed by atoms with Crippen molar-refractivity contribution in [3.05, 3.63) is 72.0 Å². The lowest BCUT2D eigenvalue weighted by molar-refractivity contribution is -0.133. The highest BCUT2D eigenvalue weighted by Gasteiger charge is 2.16. The maximum atomic E-state index is 11.8. The number of aliphatic imine (C=N–C) groups is 1. The van der Waals surface area contributed by atoms with Gasteiger partial charge in [-0.1, -0.05) is 54.2 Å². The number of hydrogen-bond acceptors (Lipinski definition) is 6. The molecule has 4 nitrogen and oxygen atoms in total. The molecule has 0 unspecified atom stereocenters. The molecule has 25 heavy (non-hydrogen) atoms. The fraction of sp³-hybridized carbons (Fsp3) is 0.158. The molecule has 0 atom stereocenters. The molecule has 2 aromatic rings. The predicted octanol–water partition coefficient (Wildman–Crippen LogP) is 5.04. The summed E-state index contributed by atoms with van der Waals surface area (Å²) in [7, 11) is 1.29. The van der Waals surface area contributed by atoms with Gasteiger partial charge in [-0.15, -0.1) is 11.8 Å². The topological polar surface area (TPSA) is 58.9 Å². The van der Waals surface area contributed by atoms with Crippen molar-refractivity contribution in [1.82, 2.24) is 0 Å². The lowest BCUT2D eigenvalue weighted by atomic mass is 10.0. The summed E-state index contributed by atoms with van der Waals surface area (Å²) in [5.74, 6) is 0.0554. The number of para-hydroxylation sites is 1. The smallest absolute Gasteiger partial charge is 0.341 e. The molecule has 130 valence electrons. The fourth-order valence-corrected chi connectivity index (χ4v) is 3.68. The molecule has 6 heteroatoms. The van der Waals surface area contributed by atoms with Crippen molar-refractivity contribution < 1.29 is 14.6 Å². The maximum absolute atomic E-state index is 11.8. The Morgan fingerprint density at radius 2 is 1.84 bits per heavy atom. The Kier molecular flexibility index (Phi) is 7.63. The minimum atomic E-state index is -0.567. The highest BCUT2D eigenvalue weighted by atomic mass is 32.2. The molecule has 2 aromatic carbocycles. The van der Waals surface area contributed by atoms with Crippen LogP contribution in [0.3, 0.4) is 0 Å². The zero-order valence-electron chi connectivity index (χ0n) is 14.0. The Labute approximate surface area is 156 Å². The summed E-state index contributed by atoms with van der Waals surface area (Å²) in [6.07, 6.45) is 2.77. The van der Waals surface area contributed by atoms with Crippen LogP contribution in [0.15, 0.2) is 65.9 Å². The lowest BCUT2D eigenvalue weighted by Gasteiger charge is -2.11. The summed E-state index contributed by atoms with van der Waals surface area (Å²) < 4.78 is 5.66. The van der Waals surface area contributed by atoms with Gasteiger partial charge in [0.25, 0.3) is 0 Å². The molecule has 0 heterocycles. The zero-order valence-corrected chi connectivity index (χ0v) is 15.6. The second-order valence-corrected chi connectivity index (χ2v) is 6.91. The monoisotopic (exact) mass is 373 g/mol. The summed E-state index contributed by atoms with van der Waals surface area (Å²) in [5, 5.41) is 9.43. The van der Waals surface area contributed by atoms with Gasteiger partial charge >= 0.3 is 5.97 Å². The van der Waals surface area contributed by atoms with Crippen LogP contribution in [0.5, 0.6) is 0 Å². The van der Waals surface area contributed by atoms with Gasteiger partial charge in [-0.3, -0.25) is 0 Å². The average molecular weight is 373 g/mol. The number of nitrogens with zero attached hydrogens (tertiary/aromatic N) is 1. The van der Waals surface area contributed by atoms with E-state index in [1.807, 2.05) is 54.8 Å². The number of esters is 1. The number of carbonyl (C=O) groups is 1. The first-order chi connectivity index (χ1) is 12.2. The highest BCUT2D eigenvalue weighted by Crippen LogP contribution is 2.28. The van der Waals surface area contributed by atoms with Crippen molar-refractivity contribution >= 4 is 45.1 Å². The molecule has 0 aliphatic carbocycles. The number of rotatable bonds is 5. The lowest BCUT2D eigenvalue weighted by Crippen LogP contribution is -2.06. The van der Waals surface area contributed by atoms with Crippen LogP contribution in [0.4, 0.5) is 5.69 Å². The third-order valence-electron chi connectivity index (χ3n) is 3.34. The van der Waals surface area contributed by atoms with Crippen LogP contribution < -0.4 is 0 Å². The van der Waals surface area contributed by atoms with Crippen LogP contribution in [-0.4, -0.2) is 28.8 Å². The molecule has 1 N–H and O–H groups in total. The Morgan fingerprint density at radius 1 is 1.16 bits per heavy atom. The van der Waals surface area contributed by atoms with Crippen LogP contribution in [0.2, 0.25) is 0 Å². The van der Waals surface area contributed by atoms with Gasteiger partial charge < -0.3 is 9.84 Å². The number of carbonyl (C=O) groups excluding carboxylic acids is 1. The van der Waals surface area contributed by atoms with Crippen LogP contribution in [0.25, 0.3) is 5.57 Å². The van der Waals surface area contributed by atoms with Crippen molar-refractivity contribution in [2.75, 3.05) is 13.4 Å². The fourth-order valence-electron chi connectivity index (χ4n) is 2.14. The van der Waals surface area contributed by atoms with Gasteiger partial charge in [0.15, 0.2) is 0 Å². The average Bonchev–Trinajstić information content (AvgIpc) is 2.67. The molecule has 0 aliphatic rings. The van der Waals surface area contributed by atoms with Gasteiger partial charge in [-0.2, -0.15) is 0 Å². The molecule has 0 spiro atoms. The molecular formula is C19H19NO3S2. The first-order valence-electron chi connectivity index (χ1n) is 7.51. The third-order valence-corrected chi connectivity index (χ3v) is 5.43. The van der Waals surface area contributed by atoms with Gasteiger partial charge in [0.05, 0.1) is 19.1 Å². The number of benzene rings is 2. The van der Waals surface area contributed by atoms with E-state index in [0.717, 1.165) is 21.9 Å². The molecule has 0 radical (unpaired) electrons. The second-order valence-electron chi connectivity index (χ2n) is 4.90. The SMILES string of the molecule is COC(=O)/C(=C/O)c1ccccc1CSC(=Nc1ccccc1)SC. The van der Waals surface area contributed by atoms with Gasteiger partial charge in [-0.05, 0) is 29.5 Å². The first-order valence-corrected chi connectivity index (χ1v) is 9.72. The summed E-state index contributed by atoms with van der Waals surface area (Å²) in [5.41, 5.74) is 2.63. The van der Waals surface area contributed by atoms with E-state index < -0.39 is 5.97 Å². The molecule has 0 aliphatic heterocycles. The van der Waals surface area contributed by atoms with Crippen molar-refractivity contribution in [1.29, 1.82) is 0 Å². The molecular weight excluding hydrogens is 354 g/mol. The van der Waals surface area contributed by atoms with E-state index in [4.69, 9.17) is 4.74 Å². The van der Waals surface area contributed by atoms with Gasteiger partial charge in [0, 0.05) is 5.75 Å². The van der Waals surface area contributed by atoms with Crippen molar-refractivity contribution in [2.24, 2.45) is 4.99 Å². The summed E-state index contributed by atoms with van der Waals surface area (Å²) in [6.45, 7) is 0. The maximum Gasteiger partial charge on any atom is 0.341 e. The molecule has 0 bridgehead atoms. The molecule has 0 saturated heterocycles. The van der Waals surface area contributed by atoms with Crippen LogP contribution >= 0.6 is 23.5 Å². The zero-order chi connectivity index (χ0) is 18.1. The standard InChI is InChI=1S/C19H19NO3S2/c1-23-18(22)17(12-21)16-11-7-6-8-14(16)13-25-19(24-2)20-15-9-4-3-5-10-15/h3-12,21H,13H2,1-2H3/b17-12+,20-19?. The van der Waals surface area contributed by atoms with E-state index in [0.29, 0.717) is 11.3 Å². The van der Waals surface area contributed by atoms with E-state index in [-0.39, 0.29) is 5.57 Å². The van der Waals surface area contributed by atoms with E-state index in [9.17, 15) is 9.90 Å². The number of ether oxygens (including phenoxy) is 1. The molecule has 0 fully saturated rings. The number of aliphatic hydroxyl groups is 1. The number of methoxy groups -OCH3 is 1. The van der Waals surface area contributed by atoms with Gasteiger partial charge in [-0.25, -0.2) is 9.79 Å². The summed E-state index contributed by atoms with van der Waals surface area (Å²) >= 11 is 3.15. The minimum Gasteiger partial charge on any atom is -0.515 e. The van der Waals surface area contributed by atoms with Crippen molar-refractivity contribution in [3.8, 4) is 0 Å². The molecule has 0 amide bonds. The van der Waals surface area contributed by atoms with Crippen LogP contribution in [0, 0.1) is 0 Å². The van der Waals surface area contributed by atoms with Crippen LogP contribution in [-0.2, 0) is 15.3 Å². The minimum absolute atomic E-state index is 0.143. The summed E-state index contributed by atoms with van der Waals surface area (Å²) in [4.78, 5) is 16.5. The number of thioether (sulfide) groups is 2. The highest BCUT2D eigenvalue weighted by molar-refractivity contribution is 8.38. The van der Waals surface area contributed by atoms with Gasteiger partial charge in [0.1, 0.15) is 9.95 Å². The van der Waals surface area contributed by atoms with Crippen LogP contribution in [0.1, 0.15) is 11.1 Å². The Hall–Kier alpha value is -2.18. The van der Waals surface area contributed by atoms with Crippen molar-refractivity contribution in [2.45, 2.75) is 5.75 Å². The molecule has 0 aromatic heterocycles. The molecule has 0 saturated carbocycles. The number of hydrogen-bond donors (Lipinski definition) is 1. The molecule has 2 rings (SSSR count). The van der Waals surface area contributed by atoms with Gasteiger partial charge in [0.2, 0.25) is 0 Å². The van der Waals surface area contributed by atoms with E-state index in [2.05, 4.69) is 4.99 Å². The normalized spacial score (nSPS) is 12.1. The second kappa shape index (κ2) is 9.96. The Bertz CT molecular complexity index is 773. The van der Waals surface area contributed by atoms with E-state index in [1.54, 1.807) is 29.6 Å². The largest absolute Gasteiger partial charge is 0.515 e. The van der Waals surface area contributed by atoms with E-state index in [1.165, 1.54) is 7.11 Å².